The fourth-order valence-corrected chi connectivity index (χ4v) is 3.96. The molecule has 0 spiro atoms. The van der Waals surface area contributed by atoms with Crippen LogP contribution in [0.5, 0.6) is 0 Å². The van der Waals surface area contributed by atoms with Gasteiger partial charge in [-0.2, -0.15) is 0 Å². The Morgan fingerprint density at radius 2 is 1.83 bits per heavy atom. The standard InChI is InChI=1S/C27H32ClN7O/c1-17-4-10-22(34-27(36)18-5-8-20(28)9-6-18)16-19(17)7-11-23(29)24(25(30)31)26(32-2)33-21-12-14-35(3)15-13-21/h4-6,8-10,16,21H,12-15,29H2,1-3H3,(H3,30,31)(H,32,33)(H,34,36)/b24-23-. The molecule has 2 aromatic rings. The van der Waals surface area contributed by atoms with E-state index in [-0.39, 0.29) is 29.1 Å². The number of hydrogen-bond acceptors (Lipinski definition) is 5. The van der Waals surface area contributed by atoms with E-state index < -0.39 is 0 Å². The first-order valence-corrected chi connectivity index (χ1v) is 12.0. The Morgan fingerprint density at radius 3 is 2.44 bits per heavy atom. The normalized spacial score (nSPS) is 15.4. The number of benzene rings is 2. The predicted molar refractivity (Wildman–Crippen MR) is 148 cm³/mol. The molecule has 1 saturated heterocycles. The van der Waals surface area contributed by atoms with E-state index in [2.05, 4.69) is 39.4 Å². The van der Waals surface area contributed by atoms with E-state index in [0.717, 1.165) is 31.5 Å². The molecule has 8 nitrogen and oxygen atoms in total. The molecule has 0 radical (unpaired) electrons. The SMILES string of the molecule is CN=C(NC1CCN(C)CC1)/C(C(=N)N)=C(\N)C#Cc1cc(NC(=O)c2ccc(Cl)cc2)ccc1C. The highest BCUT2D eigenvalue weighted by Gasteiger charge is 2.21. The highest BCUT2D eigenvalue weighted by Crippen LogP contribution is 2.17. The van der Waals surface area contributed by atoms with Crippen molar-refractivity contribution in [2.24, 2.45) is 16.5 Å². The minimum Gasteiger partial charge on any atom is -0.391 e. The minimum absolute atomic E-state index is 0.151. The number of carbonyl (C=O) groups excluding carboxylic acids is 1. The van der Waals surface area contributed by atoms with Gasteiger partial charge in [0.1, 0.15) is 11.7 Å². The molecule has 0 saturated carbocycles. The Bertz CT molecular complexity index is 1250. The lowest BCUT2D eigenvalue weighted by atomic mass is 10.0. The van der Waals surface area contributed by atoms with Crippen molar-refractivity contribution in [3.63, 3.8) is 0 Å². The van der Waals surface area contributed by atoms with Crippen molar-refractivity contribution in [2.45, 2.75) is 25.8 Å². The molecule has 1 fully saturated rings. The lowest BCUT2D eigenvalue weighted by molar-refractivity contribution is 0.102. The van der Waals surface area contributed by atoms with Crippen LogP contribution in [0, 0.1) is 24.2 Å². The molecular formula is C27H32ClN7O. The molecule has 1 aliphatic heterocycles. The Balaban J connectivity index is 1.82. The van der Waals surface area contributed by atoms with Crippen molar-refractivity contribution in [1.29, 1.82) is 5.41 Å². The van der Waals surface area contributed by atoms with Crippen molar-refractivity contribution in [2.75, 3.05) is 32.5 Å². The molecule has 9 heteroatoms. The molecule has 0 unspecified atom stereocenters. The van der Waals surface area contributed by atoms with Crippen LogP contribution in [0.2, 0.25) is 5.02 Å². The third-order valence-corrected chi connectivity index (χ3v) is 6.24. The third kappa shape index (κ3) is 7.11. The van der Waals surface area contributed by atoms with Crippen LogP contribution in [0.15, 0.2) is 58.7 Å². The number of amidine groups is 2. The molecule has 2 aromatic carbocycles. The van der Waals surface area contributed by atoms with Crippen molar-refractivity contribution in [3.05, 3.63) is 75.4 Å². The predicted octanol–water partition coefficient (Wildman–Crippen LogP) is 3.11. The Morgan fingerprint density at radius 1 is 1.17 bits per heavy atom. The van der Waals surface area contributed by atoms with Crippen molar-refractivity contribution in [3.8, 4) is 11.8 Å². The number of halogens is 1. The van der Waals surface area contributed by atoms with Crippen molar-refractivity contribution in [1.82, 2.24) is 10.2 Å². The number of hydrogen-bond donors (Lipinski definition) is 5. The van der Waals surface area contributed by atoms with E-state index in [1.807, 2.05) is 19.1 Å². The van der Waals surface area contributed by atoms with E-state index >= 15 is 0 Å². The molecule has 3 rings (SSSR count). The van der Waals surface area contributed by atoms with Crippen molar-refractivity contribution >= 4 is 34.9 Å². The van der Waals surface area contributed by atoms with Gasteiger partial charge in [0.15, 0.2) is 0 Å². The summed E-state index contributed by atoms with van der Waals surface area (Å²) in [6.45, 7) is 3.88. The van der Waals surface area contributed by atoms with Gasteiger partial charge in [0.2, 0.25) is 0 Å². The van der Waals surface area contributed by atoms with Crippen LogP contribution in [-0.2, 0) is 0 Å². The number of anilines is 1. The van der Waals surface area contributed by atoms with Crippen LogP contribution in [0.1, 0.15) is 34.3 Å². The van der Waals surface area contributed by atoms with Gasteiger partial charge >= 0.3 is 0 Å². The summed E-state index contributed by atoms with van der Waals surface area (Å²) in [5.41, 5.74) is 15.3. The van der Waals surface area contributed by atoms with E-state index in [9.17, 15) is 4.79 Å². The Hall–Kier alpha value is -3.80. The smallest absolute Gasteiger partial charge is 0.255 e. The summed E-state index contributed by atoms with van der Waals surface area (Å²) in [7, 11) is 3.73. The first kappa shape index (κ1) is 26.8. The minimum atomic E-state index is -0.253. The van der Waals surface area contributed by atoms with Crippen molar-refractivity contribution < 1.29 is 4.79 Å². The van der Waals surface area contributed by atoms with Crippen LogP contribution in [0.3, 0.4) is 0 Å². The number of nitrogens with two attached hydrogens (primary N) is 2. The summed E-state index contributed by atoms with van der Waals surface area (Å²) in [5.74, 6) is 5.99. The zero-order valence-corrected chi connectivity index (χ0v) is 21.5. The maximum atomic E-state index is 12.6. The fraction of sp³-hybridized carbons (Fsp3) is 0.296. The molecule has 0 aromatic heterocycles. The number of carbonyl (C=O) groups is 1. The maximum absolute atomic E-state index is 12.6. The van der Waals surface area contributed by atoms with E-state index in [0.29, 0.717) is 27.7 Å². The van der Waals surface area contributed by atoms with Gasteiger partial charge in [-0.25, -0.2) is 0 Å². The first-order valence-electron chi connectivity index (χ1n) is 11.6. The topological polar surface area (TPSA) is 133 Å². The summed E-state index contributed by atoms with van der Waals surface area (Å²) >= 11 is 5.90. The van der Waals surface area contributed by atoms with E-state index in [1.54, 1.807) is 37.4 Å². The number of nitrogens with zero attached hydrogens (tertiary/aromatic N) is 2. The second-order valence-electron chi connectivity index (χ2n) is 8.74. The van der Waals surface area contributed by atoms with Crippen LogP contribution >= 0.6 is 11.6 Å². The van der Waals surface area contributed by atoms with Gasteiger partial charge in [-0.1, -0.05) is 23.6 Å². The van der Waals surface area contributed by atoms with Gasteiger partial charge in [0.25, 0.3) is 5.91 Å². The maximum Gasteiger partial charge on any atom is 0.255 e. The second kappa shape index (κ2) is 12.2. The molecule has 36 heavy (non-hydrogen) atoms. The molecule has 188 valence electrons. The van der Waals surface area contributed by atoms with Crippen LogP contribution in [0.25, 0.3) is 0 Å². The fourth-order valence-electron chi connectivity index (χ4n) is 3.83. The summed E-state index contributed by atoms with van der Waals surface area (Å²) in [5, 5.41) is 14.9. The molecular weight excluding hydrogens is 474 g/mol. The number of aliphatic imine (C=N–C) groups is 1. The van der Waals surface area contributed by atoms with Gasteiger partial charge in [-0.05, 0) is 87.8 Å². The summed E-state index contributed by atoms with van der Waals surface area (Å²) in [6.07, 6.45) is 1.92. The van der Waals surface area contributed by atoms with Gasteiger partial charge in [0, 0.05) is 34.9 Å². The number of aryl methyl sites for hydroxylation is 1. The number of allylic oxidation sites excluding steroid dienone is 1. The van der Waals surface area contributed by atoms with E-state index in [1.165, 1.54) is 0 Å². The molecule has 0 atom stereocenters. The zero-order valence-electron chi connectivity index (χ0n) is 20.8. The highest BCUT2D eigenvalue weighted by atomic mass is 35.5. The molecule has 1 heterocycles. The molecule has 1 amide bonds. The lowest BCUT2D eigenvalue weighted by Gasteiger charge is -2.30. The molecule has 7 N–H and O–H groups in total. The zero-order chi connectivity index (χ0) is 26.2. The average Bonchev–Trinajstić information content (AvgIpc) is 2.85. The third-order valence-electron chi connectivity index (χ3n) is 5.99. The number of rotatable bonds is 5. The number of nitrogens with one attached hydrogen (secondary N) is 3. The monoisotopic (exact) mass is 505 g/mol. The summed E-state index contributed by atoms with van der Waals surface area (Å²) < 4.78 is 0. The van der Waals surface area contributed by atoms with Gasteiger partial charge in [0.05, 0.1) is 11.3 Å². The Kier molecular flexibility index (Phi) is 9.12. The number of amides is 1. The van der Waals surface area contributed by atoms with E-state index in [4.69, 9.17) is 28.5 Å². The average molecular weight is 506 g/mol. The lowest BCUT2D eigenvalue weighted by Crippen LogP contribution is -2.45. The largest absolute Gasteiger partial charge is 0.391 e. The van der Waals surface area contributed by atoms with Gasteiger partial charge in [-0.15, -0.1) is 0 Å². The van der Waals surface area contributed by atoms with Gasteiger partial charge in [-0.3, -0.25) is 15.2 Å². The second-order valence-corrected chi connectivity index (χ2v) is 9.17. The quantitative estimate of drug-likeness (QED) is 0.242. The highest BCUT2D eigenvalue weighted by molar-refractivity contribution is 6.30. The molecule has 0 aliphatic carbocycles. The molecule has 1 aliphatic rings. The summed E-state index contributed by atoms with van der Waals surface area (Å²) in [6, 6.07) is 12.3. The first-order chi connectivity index (χ1) is 17.2. The number of likely N-dealkylation sites (tertiary alicyclic amines) is 1. The Labute approximate surface area is 217 Å². The summed E-state index contributed by atoms with van der Waals surface area (Å²) in [4.78, 5) is 19.1. The molecule has 0 bridgehead atoms. The number of piperidine rings is 1. The van der Waals surface area contributed by atoms with Crippen LogP contribution in [-0.4, -0.2) is 55.7 Å². The van der Waals surface area contributed by atoms with Gasteiger partial charge < -0.3 is 27.0 Å². The van der Waals surface area contributed by atoms with Crippen LogP contribution in [0.4, 0.5) is 5.69 Å². The van der Waals surface area contributed by atoms with Crippen LogP contribution < -0.4 is 22.1 Å².